The van der Waals surface area contributed by atoms with Crippen LogP contribution in [0.25, 0.3) is 17.2 Å². The maximum atomic E-state index is 14.3. The maximum absolute atomic E-state index is 14.3. The first kappa shape index (κ1) is 30.8. The van der Waals surface area contributed by atoms with Gasteiger partial charge in [-0.2, -0.15) is 0 Å². The number of likely N-dealkylation sites (tertiary alicyclic amines) is 1. The average molecular weight is 588 g/mol. The first-order valence-corrected chi connectivity index (χ1v) is 15.3. The predicted molar refractivity (Wildman–Crippen MR) is 175 cm³/mol. The number of amides is 2. The molecule has 44 heavy (non-hydrogen) atoms. The van der Waals surface area contributed by atoms with Gasteiger partial charge in [-0.05, 0) is 86.0 Å². The molecule has 0 saturated carbocycles. The molecule has 0 bridgehead atoms. The molecule has 7 heteroatoms. The summed E-state index contributed by atoms with van der Waals surface area (Å²) in [7, 11) is 4.19. The lowest BCUT2D eigenvalue weighted by molar-refractivity contribution is -0.145. The summed E-state index contributed by atoms with van der Waals surface area (Å²) in [4.78, 5) is 42.8. The maximum Gasteiger partial charge on any atom is 0.247 e. The molecular formula is C37H41N5O2. The van der Waals surface area contributed by atoms with E-state index >= 15 is 0 Å². The summed E-state index contributed by atoms with van der Waals surface area (Å²) in [6.45, 7) is 3.60. The van der Waals surface area contributed by atoms with Crippen LogP contribution in [0.1, 0.15) is 35.2 Å². The molecule has 3 heterocycles. The number of carbonyl (C=O) groups excluding carboxylic acids is 2. The van der Waals surface area contributed by atoms with Crippen LogP contribution in [0.5, 0.6) is 0 Å². The van der Waals surface area contributed by atoms with Gasteiger partial charge < -0.3 is 14.7 Å². The van der Waals surface area contributed by atoms with E-state index in [9.17, 15) is 9.59 Å². The monoisotopic (exact) mass is 587 g/mol. The van der Waals surface area contributed by atoms with Gasteiger partial charge >= 0.3 is 0 Å². The van der Waals surface area contributed by atoms with Crippen molar-refractivity contribution in [2.75, 3.05) is 27.2 Å². The fourth-order valence-electron chi connectivity index (χ4n) is 5.71. The standard InChI is InChI=1S/C37H41N5O2/c1-28-9-10-30(26-39-28)13-16-36(43)42(27-31-11-14-32(15-12-31)33-17-21-38-22-18-33)35(25-29-7-5-4-6-8-29)37(44)41-23-19-34(20-24-41)40(2)3/h4-18,21-22,26,34-35H,19-20,23-25,27H2,1-3H3/b16-13+/t35-/m0/s1. The van der Waals surface area contributed by atoms with E-state index in [-0.39, 0.29) is 11.8 Å². The Kier molecular flexibility index (Phi) is 10.3. The molecule has 7 nitrogen and oxygen atoms in total. The van der Waals surface area contributed by atoms with Crippen molar-refractivity contribution >= 4 is 17.9 Å². The number of hydrogen-bond donors (Lipinski definition) is 0. The van der Waals surface area contributed by atoms with E-state index in [1.165, 1.54) is 0 Å². The predicted octanol–water partition coefficient (Wildman–Crippen LogP) is 5.66. The number of hydrogen-bond acceptors (Lipinski definition) is 5. The Balaban J connectivity index is 1.46. The smallest absolute Gasteiger partial charge is 0.247 e. The van der Waals surface area contributed by atoms with Crippen LogP contribution in [0.15, 0.2) is 104 Å². The summed E-state index contributed by atoms with van der Waals surface area (Å²) in [5.74, 6) is -0.209. The molecule has 0 spiro atoms. The molecule has 2 aromatic heterocycles. The Bertz CT molecular complexity index is 1530. The number of carbonyl (C=O) groups is 2. The van der Waals surface area contributed by atoms with Crippen molar-refractivity contribution in [3.63, 3.8) is 0 Å². The highest BCUT2D eigenvalue weighted by Gasteiger charge is 2.34. The minimum absolute atomic E-state index is 0.00165. The lowest BCUT2D eigenvalue weighted by Gasteiger charge is -2.39. The number of pyridine rings is 2. The third kappa shape index (κ3) is 8.05. The van der Waals surface area contributed by atoms with Crippen LogP contribution >= 0.6 is 0 Å². The van der Waals surface area contributed by atoms with Crippen molar-refractivity contribution in [1.82, 2.24) is 24.7 Å². The van der Waals surface area contributed by atoms with Gasteiger partial charge in [0.2, 0.25) is 11.8 Å². The number of aryl methyl sites for hydroxylation is 1. The van der Waals surface area contributed by atoms with Gasteiger partial charge in [-0.1, -0.05) is 60.7 Å². The second-order valence-corrected chi connectivity index (χ2v) is 11.7. The van der Waals surface area contributed by atoms with Crippen molar-refractivity contribution < 1.29 is 9.59 Å². The van der Waals surface area contributed by atoms with Crippen molar-refractivity contribution in [2.45, 2.75) is 44.8 Å². The van der Waals surface area contributed by atoms with Crippen molar-refractivity contribution in [3.8, 4) is 11.1 Å². The lowest BCUT2D eigenvalue weighted by Crippen LogP contribution is -2.54. The Morgan fingerprint density at radius 3 is 2.20 bits per heavy atom. The Hall–Kier alpha value is -4.62. The van der Waals surface area contributed by atoms with Crippen LogP contribution in [-0.2, 0) is 22.6 Å². The van der Waals surface area contributed by atoms with Gasteiger partial charge in [0.15, 0.2) is 0 Å². The molecule has 2 amide bonds. The normalized spacial score (nSPS) is 14.6. The Morgan fingerprint density at radius 2 is 1.57 bits per heavy atom. The molecule has 0 aliphatic carbocycles. The Labute approximate surface area is 260 Å². The largest absolute Gasteiger partial charge is 0.341 e. The molecule has 0 N–H and O–H groups in total. The fourth-order valence-corrected chi connectivity index (χ4v) is 5.71. The van der Waals surface area contributed by atoms with Gasteiger partial charge in [0.05, 0.1) is 0 Å². The van der Waals surface area contributed by atoms with Gasteiger partial charge in [-0.15, -0.1) is 0 Å². The van der Waals surface area contributed by atoms with Crippen LogP contribution in [0.2, 0.25) is 0 Å². The summed E-state index contributed by atoms with van der Waals surface area (Å²) in [6, 6.07) is 25.8. The van der Waals surface area contributed by atoms with Crippen LogP contribution in [0, 0.1) is 6.92 Å². The first-order chi connectivity index (χ1) is 21.4. The van der Waals surface area contributed by atoms with Gasteiger partial charge in [-0.25, -0.2) is 0 Å². The molecule has 1 atom stereocenters. The number of aromatic nitrogens is 2. The molecule has 1 saturated heterocycles. The van der Waals surface area contributed by atoms with E-state index in [0.29, 0.717) is 32.1 Å². The second kappa shape index (κ2) is 14.7. The van der Waals surface area contributed by atoms with E-state index in [2.05, 4.69) is 41.1 Å². The van der Waals surface area contributed by atoms with E-state index in [1.54, 1.807) is 35.6 Å². The Morgan fingerprint density at radius 1 is 0.886 bits per heavy atom. The topological polar surface area (TPSA) is 69.6 Å². The van der Waals surface area contributed by atoms with E-state index in [4.69, 9.17) is 0 Å². The van der Waals surface area contributed by atoms with Gasteiger partial charge in [0, 0.05) is 62.5 Å². The van der Waals surface area contributed by atoms with E-state index < -0.39 is 6.04 Å². The van der Waals surface area contributed by atoms with E-state index in [0.717, 1.165) is 46.4 Å². The fraction of sp³-hybridized carbons (Fsp3) is 0.297. The number of piperidine rings is 1. The number of rotatable bonds is 10. The SMILES string of the molecule is Cc1ccc(/C=C/C(=O)N(Cc2ccc(-c3ccncc3)cc2)[C@@H](Cc2ccccc2)C(=O)N2CCC(N(C)C)CC2)cn1. The van der Waals surface area contributed by atoms with Crippen molar-refractivity contribution in [2.24, 2.45) is 0 Å². The number of benzene rings is 2. The highest BCUT2D eigenvalue weighted by atomic mass is 16.2. The molecule has 0 radical (unpaired) electrons. The molecule has 1 fully saturated rings. The van der Waals surface area contributed by atoms with Gasteiger partial charge in [-0.3, -0.25) is 19.6 Å². The van der Waals surface area contributed by atoms with E-state index in [1.807, 2.05) is 78.6 Å². The van der Waals surface area contributed by atoms with Crippen molar-refractivity contribution in [3.05, 3.63) is 126 Å². The first-order valence-electron chi connectivity index (χ1n) is 15.3. The zero-order chi connectivity index (χ0) is 30.9. The summed E-state index contributed by atoms with van der Waals surface area (Å²) in [5, 5.41) is 0. The highest BCUT2D eigenvalue weighted by molar-refractivity contribution is 5.95. The molecule has 0 unspecified atom stereocenters. The summed E-state index contributed by atoms with van der Waals surface area (Å²) >= 11 is 0. The number of nitrogens with zero attached hydrogens (tertiary/aromatic N) is 5. The average Bonchev–Trinajstić information content (AvgIpc) is 3.07. The third-order valence-electron chi connectivity index (χ3n) is 8.40. The quantitative estimate of drug-likeness (QED) is 0.224. The molecule has 226 valence electrons. The molecule has 2 aromatic carbocycles. The zero-order valence-corrected chi connectivity index (χ0v) is 25.8. The van der Waals surface area contributed by atoms with Crippen LogP contribution < -0.4 is 0 Å². The van der Waals surface area contributed by atoms with Gasteiger partial charge in [0.1, 0.15) is 6.04 Å². The zero-order valence-electron chi connectivity index (χ0n) is 25.8. The summed E-state index contributed by atoms with van der Waals surface area (Å²) in [6.07, 6.45) is 10.9. The third-order valence-corrected chi connectivity index (χ3v) is 8.40. The summed E-state index contributed by atoms with van der Waals surface area (Å²) < 4.78 is 0. The molecule has 1 aliphatic rings. The second-order valence-electron chi connectivity index (χ2n) is 11.7. The molecular weight excluding hydrogens is 546 g/mol. The van der Waals surface area contributed by atoms with Crippen LogP contribution in [0.4, 0.5) is 0 Å². The highest BCUT2D eigenvalue weighted by Crippen LogP contribution is 2.23. The van der Waals surface area contributed by atoms with Gasteiger partial charge in [0.25, 0.3) is 0 Å². The lowest BCUT2D eigenvalue weighted by atomic mass is 9.98. The molecule has 4 aromatic rings. The van der Waals surface area contributed by atoms with Crippen molar-refractivity contribution in [1.29, 1.82) is 0 Å². The minimum atomic E-state index is -0.651. The molecule has 5 rings (SSSR count). The van der Waals surface area contributed by atoms with Crippen LogP contribution in [0.3, 0.4) is 0 Å². The summed E-state index contributed by atoms with van der Waals surface area (Å²) in [5.41, 5.74) is 5.87. The minimum Gasteiger partial charge on any atom is -0.341 e. The van der Waals surface area contributed by atoms with Crippen LogP contribution in [-0.4, -0.2) is 75.8 Å². The molecule has 1 aliphatic heterocycles.